The Morgan fingerprint density at radius 1 is 1.35 bits per heavy atom. The summed E-state index contributed by atoms with van der Waals surface area (Å²) in [6.45, 7) is 6.67. The number of carbonyl (C=O) groups is 1. The molecule has 3 heteroatoms. The molecule has 1 atom stereocenters. The monoisotopic (exact) mass is 301 g/mol. The van der Waals surface area contributed by atoms with Gasteiger partial charge in [-0.3, -0.25) is 4.79 Å². The Bertz CT molecular complexity index is 305. The van der Waals surface area contributed by atoms with Crippen molar-refractivity contribution in [2.75, 3.05) is 5.33 Å². The Kier molecular flexibility index (Phi) is 3.59. The van der Waals surface area contributed by atoms with Gasteiger partial charge in [0.2, 0.25) is 5.91 Å². The van der Waals surface area contributed by atoms with Crippen LogP contribution in [0.3, 0.4) is 0 Å². The van der Waals surface area contributed by atoms with Crippen LogP contribution in [-0.4, -0.2) is 16.8 Å². The van der Waals surface area contributed by atoms with E-state index in [1.807, 2.05) is 0 Å². The van der Waals surface area contributed by atoms with Gasteiger partial charge in [-0.2, -0.15) is 0 Å². The van der Waals surface area contributed by atoms with Gasteiger partial charge >= 0.3 is 0 Å². The Labute approximate surface area is 113 Å². The molecule has 0 spiro atoms. The van der Waals surface area contributed by atoms with Crippen molar-refractivity contribution in [2.24, 2.45) is 17.3 Å². The first kappa shape index (κ1) is 13.4. The highest BCUT2D eigenvalue weighted by Gasteiger charge is 2.52. The summed E-state index contributed by atoms with van der Waals surface area (Å²) in [5.41, 5.74) is 0.266. The van der Waals surface area contributed by atoms with Crippen LogP contribution >= 0.6 is 15.9 Å². The van der Waals surface area contributed by atoms with E-state index >= 15 is 0 Å². The molecule has 0 aromatic heterocycles. The molecular formula is C14H24BrNO. The summed E-state index contributed by atoms with van der Waals surface area (Å²) in [7, 11) is 0. The number of rotatable bonds is 3. The summed E-state index contributed by atoms with van der Waals surface area (Å²) in [6, 6.07) is 0. The molecule has 1 amide bonds. The zero-order valence-corrected chi connectivity index (χ0v) is 12.8. The Balaban J connectivity index is 1.93. The molecule has 0 aromatic carbocycles. The first-order valence-corrected chi connectivity index (χ1v) is 7.89. The van der Waals surface area contributed by atoms with Crippen LogP contribution in [0, 0.1) is 17.3 Å². The van der Waals surface area contributed by atoms with Crippen molar-refractivity contribution in [1.29, 1.82) is 0 Å². The van der Waals surface area contributed by atoms with E-state index in [2.05, 4.69) is 42.0 Å². The third-order valence-corrected chi connectivity index (χ3v) is 5.78. The lowest BCUT2D eigenvalue weighted by Crippen LogP contribution is -2.52. The molecule has 2 aliphatic carbocycles. The van der Waals surface area contributed by atoms with Crippen molar-refractivity contribution in [2.45, 2.75) is 58.4 Å². The molecule has 0 heterocycles. The SMILES string of the molecule is CC1CCC(CBr)(NC(=O)C2CC2(C)C)CC1. The molecule has 0 radical (unpaired) electrons. The van der Waals surface area contributed by atoms with Crippen LogP contribution in [0.2, 0.25) is 0 Å². The molecule has 1 unspecified atom stereocenters. The van der Waals surface area contributed by atoms with E-state index < -0.39 is 0 Å². The van der Waals surface area contributed by atoms with Crippen LogP contribution in [0.5, 0.6) is 0 Å². The van der Waals surface area contributed by atoms with Crippen molar-refractivity contribution in [3.8, 4) is 0 Å². The van der Waals surface area contributed by atoms with Gasteiger partial charge in [-0.1, -0.05) is 36.7 Å². The third kappa shape index (κ3) is 2.86. The van der Waals surface area contributed by atoms with Gasteiger partial charge in [0.1, 0.15) is 0 Å². The first-order chi connectivity index (χ1) is 7.88. The van der Waals surface area contributed by atoms with Gasteiger partial charge in [0, 0.05) is 16.8 Å². The van der Waals surface area contributed by atoms with Crippen molar-refractivity contribution in [3.05, 3.63) is 0 Å². The Morgan fingerprint density at radius 3 is 2.29 bits per heavy atom. The number of amides is 1. The standard InChI is InChI=1S/C14H24BrNO/c1-10-4-6-14(9-15,7-5-10)16-12(17)11-8-13(11,2)3/h10-11H,4-9H2,1-3H3,(H,16,17). The zero-order valence-electron chi connectivity index (χ0n) is 11.2. The molecule has 0 saturated heterocycles. The Morgan fingerprint density at radius 2 is 1.88 bits per heavy atom. The van der Waals surface area contributed by atoms with Crippen LogP contribution in [-0.2, 0) is 4.79 Å². The molecule has 17 heavy (non-hydrogen) atoms. The number of nitrogens with one attached hydrogen (secondary N) is 1. The summed E-state index contributed by atoms with van der Waals surface area (Å²) in [5.74, 6) is 1.35. The molecule has 2 nitrogen and oxygen atoms in total. The van der Waals surface area contributed by atoms with E-state index in [9.17, 15) is 4.79 Å². The summed E-state index contributed by atoms with van der Waals surface area (Å²) < 4.78 is 0. The highest BCUT2D eigenvalue weighted by Crippen LogP contribution is 2.52. The smallest absolute Gasteiger partial charge is 0.224 e. The van der Waals surface area contributed by atoms with E-state index in [1.54, 1.807) is 0 Å². The molecule has 2 rings (SSSR count). The Hall–Kier alpha value is -0.0500. The minimum absolute atomic E-state index is 0.0300. The molecule has 1 N–H and O–H groups in total. The van der Waals surface area contributed by atoms with Gasteiger partial charge in [-0.15, -0.1) is 0 Å². The molecule has 98 valence electrons. The van der Waals surface area contributed by atoms with Crippen molar-refractivity contribution >= 4 is 21.8 Å². The number of hydrogen-bond donors (Lipinski definition) is 1. The van der Waals surface area contributed by atoms with Gasteiger partial charge in [-0.05, 0) is 43.4 Å². The van der Waals surface area contributed by atoms with Crippen LogP contribution in [0.4, 0.5) is 0 Å². The van der Waals surface area contributed by atoms with Gasteiger partial charge < -0.3 is 5.32 Å². The van der Waals surface area contributed by atoms with Gasteiger partial charge in [0.25, 0.3) is 0 Å². The predicted octanol–water partition coefficient (Wildman–Crippen LogP) is 3.49. The lowest BCUT2D eigenvalue weighted by Gasteiger charge is -2.39. The maximum atomic E-state index is 12.2. The number of alkyl halides is 1. The van der Waals surface area contributed by atoms with E-state index in [0.29, 0.717) is 0 Å². The lowest BCUT2D eigenvalue weighted by atomic mass is 9.78. The second-order valence-corrected chi connectivity index (χ2v) is 7.39. The molecule has 0 aliphatic heterocycles. The molecule has 2 aliphatic rings. The normalized spacial score (nSPS) is 39.8. The highest BCUT2D eigenvalue weighted by molar-refractivity contribution is 9.09. The largest absolute Gasteiger partial charge is 0.350 e. The van der Waals surface area contributed by atoms with Crippen LogP contribution in [0.15, 0.2) is 0 Å². The zero-order chi connectivity index (χ0) is 12.7. The molecular weight excluding hydrogens is 278 g/mol. The molecule has 2 saturated carbocycles. The predicted molar refractivity (Wildman–Crippen MR) is 74.2 cm³/mol. The first-order valence-electron chi connectivity index (χ1n) is 6.77. The van der Waals surface area contributed by atoms with Gasteiger partial charge in [-0.25, -0.2) is 0 Å². The quantitative estimate of drug-likeness (QED) is 0.794. The molecule has 2 fully saturated rings. The maximum Gasteiger partial charge on any atom is 0.224 e. The van der Waals surface area contributed by atoms with Crippen molar-refractivity contribution < 1.29 is 4.79 Å². The number of hydrogen-bond acceptors (Lipinski definition) is 1. The molecule has 0 bridgehead atoms. The average molecular weight is 302 g/mol. The van der Waals surface area contributed by atoms with Gasteiger partial charge in [0.15, 0.2) is 0 Å². The third-order valence-electron chi connectivity index (χ3n) is 4.71. The topological polar surface area (TPSA) is 29.1 Å². The summed E-state index contributed by atoms with van der Waals surface area (Å²) >= 11 is 3.60. The van der Waals surface area contributed by atoms with E-state index in [4.69, 9.17) is 0 Å². The fraction of sp³-hybridized carbons (Fsp3) is 0.929. The van der Waals surface area contributed by atoms with Crippen LogP contribution in [0.1, 0.15) is 52.9 Å². The van der Waals surface area contributed by atoms with E-state index in [1.165, 1.54) is 12.8 Å². The number of halogens is 1. The number of carbonyl (C=O) groups excluding carboxylic acids is 1. The van der Waals surface area contributed by atoms with E-state index in [-0.39, 0.29) is 22.8 Å². The molecule has 0 aromatic rings. The second-order valence-electron chi connectivity index (χ2n) is 6.83. The van der Waals surface area contributed by atoms with Crippen LogP contribution in [0.25, 0.3) is 0 Å². The fourth-order valence-corrected chi connectivity index (χ4v) is 3.57. The average Bonchev–Trinajstić information content (AvgIpc) is 2.92. The maximum absolute atomic E-state index is 12.2. The van der Waals surface area contributed by atoms with Crippen molar-refractivity contribution in [1.82, 2.24) is 5.32 Å². The summed E-state index contributed by atoms with van der Waals surface area (Å²) in [4.78, 5) is 12.2. The fourth-order valence-electron chi connectivity index (χ4n) is 2.87. The van der Waals surface area contributed by atoms with Crippen LogP contribution < -0.4 is 5.32 Å². The van der Waals surface area contributed by atoms with Gasteiger partial charge in [0.05, 0.1) is 0 Å². The summed E-state index contributed by atoms with van der Waals surface area (Å²) in [5, 5.41) is 4.23. The van der Waals surface area contributed by atoms with E-state index in [0.717, 1.165) is 30.5 Å². The van der Waals surface area contributed by atoms with Crippen molar-refractivity contribution in [3.63, 3.8) is 0 Å². The highest BCUT2D eigenvalue weighted by atomic mass is 79.9. The second kappa shape index (κ2) is 4.56. The summed E-state index contributed by atoms with van der Waals surface area (Å²) in [6.07, 6.45) is 5.77. The minimum atomic E-state index is 0.0300. The lowest BCUT2D eigenvalue weighted by molar-refractivity contribution is -0.125. The minimum Gasteiger partial charge on any atom is -0.350 e.